The smallest absolute Gasteiger partial charge is 0.456 e. The molecule has 102 valence electrons. The summed E-state index contributed by atoms with van der Waals surface area (Å²) in [7, 11) is 0. The van der Waals surface area contributed by atoms with Crippen LogP contribution in [0.25, 0.3) is 0 Å². The summed E-state index contributed by atoms with van der Waals surface area (Å²) in [6, 6.07) is 3.25. The Kier molecular flexibility index (Phi) is 4.64. The van der Waals surface area contributed by atoms with Gasteiger partial charge in [0.1, 0.15) is 5.75 Å². The fraction of sp³-hybridized carbons (Fsp3) is 0.250. The maximum absolute atomic E-state index is 12.0. The van der Waals surface area contributed by atoms with E-state index in [-0.39, 0.29) is 17.9 Å². The first-order chi connectivity index (χ1) is 8.81. The summed E-state index contributed by atoms with van der Waals surface area (Å²) in [5.41, 5.74) is 5.70. The molecule has 7 heteroatoms. The van der Waals surface area contributed by atoms with Crippen LogP contribution in [-0.2, 0) is 9.53 Å². The SMILES string of the molecule is CCOC(=O)C#Cc1cc(OC(F)(F)F)ccc1N. The van der Waals surface area contributed by atoms with Gasteiger partial charge < -0.3 is 15.2 Å². The standard InChI is InChI=1S/C12H10F3NO3/c1-2-18-11(17)6-3-8-7-9(4-5-10(8)16)19-12(13,14)15/h4-5,7H,2,16H2,1H3. The van der Waals surface area contributed by atoms with E-state index in [4.69, 9.17) is 5.73 Å². The molecule has 0 saturated carbocycles. The average molecular weight is 273 g/mol. The molecule has 0 aliphatic heterocycles. The van der Waals surface area contributed by atoms with E-state index in [0.717, 1.165) is 12.1 Å². The highest BCUT2D eigenvalue weighted by atomic mass is 19.4. The number of carbonyl (C=O) groups excluding carboxylic acids is 1. The quantitative estimate of drug-likeness (QED) is 0.509. The lowest BCUT2D eigenvalue weighted by Gasteiger charge is -2.09. The zero-order valence-corrected chi connectivity index (χ0v) is 9.88. The largest absolute Gasteiger partial charge is 0.573 e. The van der Waals surface area contributed by atoms with Crippen molar-refractivity contribution in [2.75, 3.05) is 12.3 Å². The molecule has 0 aromatic heterocycles. The molecule has 0 saturated heterocycles. The minimum absolute atomic E-state index is 0.0507. The second-order valence-corrected chi connectivity index (χ2v) is 3.27. The third-order valence-corrected chi connectivity index (χ3v) is 1.83. The van der Waals surface area contributed by atoms with E-state index >= 15 is 0 Å². The van der Waals surface area contributed by atoms with Crippen LogP contribution in [0, 0.1) is 11.8 Å². The number of anilines is 1. The number of halogens is 3. The van der Waals surface area contributed by atoms with Gasteiger partial charge in [-0.05, 0) is 25.1 Å². The van der Waals surface area contributed by atoms with Crippen molar-refractivity contribution in [3.05, 3.63) is 23.8 Å². The summed E-state index contributed by atoms with van der Waals surface area (Å²) >= 11 is 0. The van der Waals surface area contributed by atoms with E-state index in [2.05, 4.69) is 21.3 Å². The van der Waals surface area contributed by atoms with Crippen LogP contribution in [0.2, 0.25) is 0 Å². The van der Waals surface area contributed by atoms with Gasteiger partial charge in [0.2, 0.25) is 0 Å². The third kappa shape index (κ3) is 5.21. The van der Waals surface area contributed by atoms with Crippen molar-refractivity contribution in [1.82, 2.24) is 0 Å². The highest BCUT2D eigenvalue weighted by Gasteiger charge is 2.31. The number of carbonyl (C=O) groups is 1. The van der Waals surface area contributed by atoms with Crippen LogP contribution in [0.5, 0.6) is 5.75 Å². The minimum Gasteiger partial charge on any atom is -0.456 e. The van der Waals surface area contributed by atoms with Crippen LogP contribution in [0.3, 0.4) is 0 Å². The van der Waals surface area contributed by atoms with Crippen LogP contribution in [0.15, 0.2) is 18.2 Å². The van der Waals surface area contributed by atoms with Gasteiger partial charge in [-0.2, -0.15) is 0 Å². The molecule has 0 aliphatic carbocycles. The Bertz CT molecular complexity index is 529. The average Bonchev–Trinajstić information content (AvgIpc) is 2.28. The maximum Gasteiger partial charge on any atom is 0.573 e. The molecule has 1 aromatic carbocycles. The summed E-state index contributed by atoms with van der Waals surface area (Å²) in [4.78, 5) is 11.0. The summed E-state index contributed by atoms with van der Waals surface area (Å²) in [6.07, 6.45) is -4.80. The predicted molar refractivity (Wildman–Crippen MR) is 61.0 cm³/mol. The van der Waals surface area contributed by atoms with Gasteiger partial charge in [0.15, 0.2) is 0 Å². The zero-order valence-electron chi connectivity index (χ0n) is 9.88. The highest BCUT2D eigenvalue weighted by Crippen LogP contribution is 2.25. The number of nitrogen functional groups attached to an aromatic ring is 1. The third-order valence-electron chi connectivity index (χ3n) is 1.83. The topological polar surface area (TPSA) is 61.5 Å². The van der Waals surface area contributed by atoms with Crippen molar-refractivity contribution >= 4 is 11.7 Å². The molecular weight excluding hydrogens is 263 g/mol. The monoisotopic (exact) mass is 273 g/mol. The van der Waals surface area contributed by atoms with E-state index in [1.54, 1.807) is 6.92 Å². The maximum atomic E-state index is 12.0. The van der Waals surface area contributed by atoms with Crippen molar-refractivity contribution in [2.24, 2.45) is 0 Å². The van der Waals surface area contributed by atoms with Crippen LogP contribution >= 0.6 is 0 Å². The zero-order chi connectivity index (χ0) is 14.5. The first kappa shape index (κ1) is 14.7. The van der Waals surface area contributed by atoms with Crippen molar-refractivity contribution in [3.63, 3.8) is 0 Å². The van der Waals surface area contributed by atoms with Crippen molar-refractivity contribution in [2.45, 2.75) is 13.3 Å². The van der Waals surface area contributed by atoms with E-state index in [0.29, 0.717) is 0 Å². The lowest BCUT2D eigenvalue weighted by atomic mass is 10.2. The number of hydrogen-bond acceptors (Lipinski definition) is 4. The molecule has 0 amide bonds. The molecule has 1 rings (SSSR count). The minimum atomic E-state index is -4.80. The predicted octanol–water partition coefficient (Wildman–Crippen LogP) is 2.08. The molecule has 4 nitrogen and oxygen atoms in total. The van der Waals surface area contributed by atoms with E-state index in [1.807, 2.05) is 0 Å². The number of nitrogens with two attached hydrogens (primary N) is 1. The van der Waals surface area contributed by atoms with Gasteiger partial charge in [0.25, 0.3) is 0 Å². The number of ether oxygens (including phenoxy) is 2. The summed E-state index contributed by atoms with van der Waals surface area (Å²) in [5.74, 6) is 3.18. The first-order valence-electron chi connectivity index (χ1n) is 5.16. The van der Waals surface area contributed by atoms with E-state index in [9.17, 15) is 18.0 Å². The number of rotatable bonds is 2. The first-order valence-corrected chi connectivity index (χ1v) is 5.16. The molecule has 0 bridgehead atoms. The molecule has 0 spiro atoms. The highest BCUT2D eigenvalue weighted by molar-refractivity contribution is 5.89. The van der Waals surface area contributed by atoms with Gasteiger partial charge in [0, 0.05) is 11.6 Å². The van der Waals surface area contributed by atoms with Crippen LogP contribution < -0.4 is 10.5 Å². The van der Waals surface area contributed by atoms with Gasteiger partial charge in [-0.15, -0.1) is 13.2 Å². The van der Waals surface area contributed by atoms with E-state index < -0.39 is 18.1 Å². The summed E-state index contributed by atoms with van der Waals surface area (Å²) in [6.45, 7) is 1.76. The fourth-order valence-electron chi connectivity index (χ4n) is 1.13. The van der Waals surface area contributed by atoms with Gasteiger partial charge in [-0.3, -0.25) is 0 Å². The second-order valence-electron chi connectivity index (χ2n) is 3.27. The van der Waals surface area contributed by atoms with E-state index in [1.165, 1.54) is 6.07 Å². The number of alkyl halides is 3. The molecule has 0 radical (unpaired) electrons. The van der Waals surface area contributed by atoms with Crippen LogP contribution in [0.4, 0.5) is 18.9 Å². The Hall–Kier alpha value is -2.36. The number of esters is 1. The van der Waals surface area contributed by atoms with Gasteiger partial charge in [-0.1, -0.05) is 5.92 Å². The molecule has 1 aromatic rings. The lowest BCUT2D eigenvalue weighted by molar-refractivity contribution is -0.274. The summed E-state index contributed by atoms with van der Waals surface area (Å²) < 4.78 is 44.3. The fourth-order valence-corrected chi connectivity index (χ4v) is 1.13. The Morgan fingerprint density at radius 3 is 2.68 bits per heavy atom. The molecule has 0 fully saturated rings. The van der Waals surface area contributed by atoms with Crippen molar-refractivity contribution in [3.8, 4) is 17.6 Å². The summed E-state index contributed by atoms with van der Waals surface area (Å²) in [5, 5.41) is 0. The Morgan fingerprint density at radius 2 is 2.11 bits per heavy atom. The molecule has 0 atom stereocenters. The normalized spacial score (nSPS) is 10.3. The van der Waals surface area contributed by atoms with Gasteiger partial charge in [-0.25, -0.2) is 4.79 Å². The molecular formula is C12H10F3NO3. The molecule has 0 unspecified atom stereocenters. The molecule has 2 N–H and O–H groups in total. The second kappa shape index (κ2) is 6.00. The van der Waals surface area contributed by atoms with Crippen molar-refractivity contribution in [1.29, 1.82) is 0 Å². The Labute approximate surface area is 107 Å². The van der Waals surface area contributed by atoms with Gasteiger partial charge >= 0.3 is 12.3 Å². The van der Waals surface area contributed by atoms with Crippen LogP contribution in [0.1, 0.15) is 12.5 Å². The Balaban J connectivity index is 2.95. The van der Waals surface area contributed by atoms with Crippen LogP contribution in [-0.4, -0.2) is 18.9 Å². The van der Waals surface area contributed by atoms with Crippen molar-refractivity contribution < 1.29 is 27.4 Å². The lowest BCUT2D eigenvalue weighted by Crippen LogP contribution is -2.17. The Morgan fingerprint density at radius 1 is 1.42 bits per heavy atom. The molecule has 0 heterocycles. The number of benzene rings is 1. The molecule has 19 heavy (non-hydrogen) atoms. The van der Waals surface area contributed by atoms with Gasteiger partial charge in [0.05, 0.1) is 12.2 Å². The number of hydrogen-bond donors (Lipinski definition) is 1. The molecule has 0 aliphatic rings.